The molecule has 0 aliphatic rings. The summed E-state index contributed by atoms with van der Waals surface area (Å²) in [5.41, 5.74) is 13.0. The van der Waals surface area contributed by atoms with Crippen LogP contribution < -0.4 is 21.5 Å². The number of sulfonamides is 1. The van der Waals surface area contributed by atoms with Crippen molar-refractivity contribution < 1.29 is 12.8 Å². The summed E-state index contributed by atoms with van der Waals surface area (Å²) >= 11 is 2.19. The predicted molar refractivity (Wildman–Crippen MR) is 136 cm³/mol. The van der Waals surface area contributed by atoms with Crippen LogP contribution in [0.2, 0.25) is 0 Å². The van der Waals surface area contributed by atoms with Gasteiger partial charge in [0.2, 0.25) is 5.13 Å². The Morgan fingerprint density at radius 1 is 1.26 bits per heavy atom. The van der Waals surface area contributed by atoms with Gasteiger partial charge in [-0.15, -0.1) is 11.3 Å². The lowest BCUT2D eigenvalue weighted by molar-refractivity contribution is 0.239. The van der Waals surface area contributed by atoms with Crippen molar-refractivity contribution in [2.24, 2.45) is 22.8 Å². The highest BCUT2D eigenvalue weighted by molar-refractivity contribution is 7.93. The van der Waals surface area contributed by atoms with Gasteiger partial charge in [0.15, 0.2) is 0 Å². The molecule has 0 spiro atoms. The Labute approximate surface area is 207 Å². The molecule has 13 heteroatoms. The van der Waals surface area contributed by atoms with Crippen molar-refractivity contribution in [1.82, 2.24) is 14.3 Å². The second kappa shape index (κ2) is 11.0. The maximum Gasteiger partial charge on any atom is 0.266 e. The number of hydrogen-bond donors (Lipinski definition) is 4. The first-order valence-electron chi connectivity index (χ1n) is 10.7. The van der Waals surface area contributed by atoms with E-state index in [-0.39, 0.29) is 22.5 Å². The summed E-state index contributed by atoms with van der Waals surface area (Å²) in [5, 5.41) is 5.69. The van der Waals surface area contributed by atoms with E-state index in [2.05, 4.69) is 38.2 Å². The van der Waals surface area contributed by atoms with Gasteiger partial charge in [0.25, 0.3) is 10.0 Å². The van der Waals surface area contributed by atoms with E-state index in [1.165, 1.54) is 29.8 Å². The largest absolute Gasteiger partial charge is 0.384 e. The topological polar surface area (TPSA) is 149 Å². The van der Waals surface area contributed by atoms with E-state index < -0.39 is 20.7 Å². The molecule has 3 rings (SSSR count). The van der Waals surface area contributed by atoms with Crippen molar-refractivity contribution in [3.05, 3.63) is 35.9 Å². The van der Waals surface area contributed by atoms with Crippen LogP contribution in [0.3, 0.4) is 0 Å². The zero-order valence-electron chi connectivity index (χ0n) is 19.3. The molecular formula is C21H30FN7O2S3. The molecule has 0 saturated carbocycles. The van der Waals surface area contributed by atoms with Gasteiger partial charge in [-0.2, -0.15) is 4.37 Å². The summed E-state index contributed by atoms with van der Waals surface area (Å²) in [6.45, 7) is 7.33. The van der Waals surface area contributed by atoms with Crippen molar-refractivity contribution in [3.63, 3.8) is 0 Å². The van der Waals surface area contributed by atoms with Crippen LogP contribution in [-0.2, 0) is 10.0 Å². The minimum Gasteiger partial charge on any atom is -0.384 e. The van der Waals surface area contributed by atoms with E-state index in [0.29, 0.717) is 29.3 Å². The molecule has 2 atom stereocenters. The highest BCUT2D eigenvalue weighted by Crippen LogP contribution is 2.35. The highest BCUT2D eigenvalue weighted by atomic mass is 32.2. The molecule has 0 radical (unpaired) electrons. The summed E-state index contributed by atoms with van der Waals surface area (Å²) < 4.78 is 46.8. The van der Waals surface area contributed by atoms with Crippen molar-refractivity contribution in [2.75, 3.05) is 23.1 Å². The highest BCUT2D eigenvalue weighted by Gasteiger charge is 2.27. The van der Waals surface area contributed by atoms with E-state index in [1.54, 1.807) is 11.6 Å². The van der Waals surface area contributed by atoms with Gasteiger partial charge in [0.1, 0.15) is 22.0 Å². The fourth-order valence-corrected chi connectivity index (χ4v) is 6.13. The Balaban J connectivity index is 1.92. The van der Waals surface area contributed by atoms with Gasteiger partial charge in [-0.3, -0.25) is 4.72 Å². The zero-order valence-corrected chi connectivity index (χ0v) is 21.7. The first-order chi connectivity index (χ1) is 16.0. The van der Waals surface area contributed by atoms with Crippen molar-refractivity contribution in [2.45, 2.75) is 44.6 Å². The van der Waals surface area contributed by atoms with Crippen LogP contribution in [0.4, 0.5) is 15.2 Å². The van der Waals surface area contributed by atoms with Crippen LogP contribution in [0.25, 0.3) is 10.6 Å². The van der Waals surface area contributed by atoms with Crippen LogP contribution >= 0.6 is 22.9 Å². The van der Waals surface area contributed by atoms with E-state index in [4.69, 9.17) is 11.5 Å². The third-order valence-electron chi connectivity index (χ3n) is 5.54. The molecule has 3 aromatic rings. The smallest absolute Gasteiger partial charge is 0.266 e. The minimum atomic E-state index is -4.22. The molecule has 0 saturated heterocycles. The van der Waals surface area contributed by atoms with Crippen LogP contribution in [0.15, 0.2) is 34.9 Å². The number of aromatic nitrogens is 3. The average molecular weight is 528 g/mol. The van der Waals surface area contributed by atoms with Gasteiger partial charge in [0.05, 0.1) is 0 Å². The van der Waals surface area contributed by atoms with Gasteiger partial charge < -0.3 is 16.8 Å². The molecule has 9 nitrogen and oxygen atoms in total. The number of nitrogens with two attached hydrogens (primary N) is 2. The lowest BCUT2D eigenvalue weighted by atomic mass is 9.78. The maximum absolute atomic E-state index is 15.1. The predicted octanol–water partition coefficient (Wildman–Crippen LogP) is 3.74. The molecule has 2 aromatic heterocycles. The third-order valence-corrected chi connectivity index (χ3v) is 8.41. The molecule has 186 valence electrons. The minimum absolute atomic E-state index is 0.00635. The van der Waals surface area contributed by atoms with Crippen molar-refractivity contribution >= 4 is 43.7 Å². The number of thiazole rings is 1. The molecule has 6 N–H and O–H groups in total. The third kappa shape index (κ3) is 6.69. The Morgan fingerprint density at radius 3 is 2.62 bits per heavy atom. The lowest BCUT2D eigenvalue weighted by Crippen LogP contribution is -2.36. The van der Waals surface area contributed by atoms with E-state index in [1.807, 2.05) is 6.92 Å². The van der Waals surface area contributed by atoms with Gasteiger partial charge in [-0.25, -0.2) is 22.8 Å². The zero-order chi connectivity index (χ0) is 24.9. The Kier molecular flexibility index (Phi) is 8.57. The summed E-state index contributed by atoms with van der Waals surface area (Å²) in [7, 11) is -4.22. The quantitative estimate of drug-likeness (QED) is 0.278. The molecule has 0 amide bonds. The van der Waals surface area contributed by atoms with Gasteiger partial charge in [-0.05, 0) is 49.8 Å². The van der Waals surface area contributed by atoms with Gasteiger partial charge in [0, 0.05) is 46.9 Å². The molecule has 0 aliphatic heterocycles. The Hall–Kier alpha value is -2.19. The SMILES string of the molecule is C[C@@H](N)C(CNc1cc(F)c(S(=O)(=O)Nc2ncns2)cc1-c1nccs1)CC(C)(C)CCN. The van der Waals surface area contributed by atoms with E-state index in [9.17, 15) is 8.42 Å². The number of nitrogens with one attached hydrogen (secondary N) is 2. The second-order valence-corrected chi connectivity index (χ2v) is 12.2. The summed E-state index contributed by atoms with van der Waals surface area (Å²) in [6, 6.07) is 2.38. The van der Waals surface area contributed by atoms with E-state index in [0.717, 1.165) is 24.4 Å². The average Bonchev–Trinajstić information content (AvgIpc) is 3.44. The summed E-state index contributed by atoms with van der Waals surface area (Å²) in [5.74, 6) is -0.795. The Morgan fingerprint density at radius 2 is 2.03 bits per heavy atom. The molecule has 1 unspecified atom stereocenters. The maximum atomic E-state index is 15.1. The second-order valence-electron chi connectivity index (χ2n) is 8.92. The van der Waals surface area contributed by atoms with Gasteiger partial charge in [-0.1, -0.05) is 13.8 Å². The standard InChI is InChI=1S/C21H30FN7O2S3/c1-13(24)14(10-21(2,3)4-5-23)11-26-17-9-16(22)18(8-15(17)19-25-6-7-32-19)34(30,31)29-20-27-12-28-33-20/h6-9,12-14,26H,4-5,10-11,23-24H2,1-3H3,(H,27,28,29)/t13-,14?/m1/s1. The fourth-order valence-electron chi connectivity index (χ4n) is 3.71. The van der Waals surface area contributed by atoms with Crippen molar-refractivity contribution in [1.29, 1.82) is 0 Å². The number of benzene rings is 1. The molecule has 0 bridgehead atoms. The van der Waals surface area contributed by atoms with Gasteiger partial charge >= 0.3 is 0 Å². The normalized spacial score (nSPS) is 14.1. The first-order valence-corrected chi connectivity index (χ1v) is 13.9. The van der Waals surface area contributed by atoms with Crippen molar-refractivity contribution in [3.8, 4) is 10.6 Å². The number of anilines is 2. The van der Waals surface area contributed by atoms with Crippen LogP contribution in [0.5, 0.6) is 0 Å². The summed E-state index contributed by atoms with van der Waals surface area (Å²) in [4.78, 5) is 7.62. The molecule has 34 heavy (non-hydrogen) atoms. The van der Waals surface area contributed by atoms with E-state index >= 15 is 4.39 Å². The Bertz CT molecular complexity index is 1170. The number of halogens is 1. The molecule has 2 heterocycles. The fraction of sp³-hybridized carbons (Fsp3) is 0.476. The lowest BCUT2D eigenvalue weighted by Gasteiger charge is -2.32. The number of hydrogen-bond acceptors (Lipinski definition) is 10. The van der Waals surface area contributed by atoms with Crippen LogP contribution in [-0.4, -0.2) is 41.9 Å². The number of rotatable bonds is 12. The molecule has 0 aliphatic carbocycles. The summed E-state index contributed by atoms with van der Waals surface area (Å²) in [6.07, 6.45) is 4.53. The van der Waals surface area contributed by atoms with Crippen LogP contribution in [0.1, 0.15) is 33.6 Å². The molecular weight excluding hydrogens is 497 g/mol. The van der Waals surface area contributed by atoms with Crippen LogP contribution in [0, 0.1) is 17.2 Å². The first kappa shape index (κ1) is 26.4. The molecule has 0 fully saturated rings. The monoisotopic (exact) mass is 527 g/mol. The number of nitrogens with zero attached hydrogens (tertiary/aromatic N) is 3. The molecule has 1 aromatic carbocycles.